The lowest BCUT2D eigenvalue weighted by Gasteiger charge is -2.20. The fourth-order valence-corrected chi connectivity index (χ4v) is 1.57. The number of carboxylic acid groups (broad SMARTS) is 2. The van der Waals surface area contributed by atoms with Crippen LogP contribution < -0.4 is 21.7 Å². The van der Waals surface area contributed by atoms with Gasteiger partial charge in [0.1, 0.15) is 12.1 Å². The van der Waals surface area contributed by atoms with Gasteiger partial charge in [0.2, 0.25) is 17.7 Å². The minimum Gasteiger partial charge on any atom is -0.481 e. The summed E-state index contributed by atoms with van der Waals surface area (Å²) in [6.07, 6.45) is -0.784. The maximum atomic E-state index is 12.0. The van der Waals surface area contributed by atoms with E-state index in [-0.39, 0.29) is 6.42 Å². The van der Waals surface area contributed by atoms with Gasteiger partial charge < -0.3 is 37.0 Å². The van der Waals surface area contributed by atoms with Crippen molar-refractivity contribution in [2.45, 2.75) is 37.9 Å². The average molecular weight is 362 g/mol. The molecule has 0 aliphatic heterocycles. The van der Waals surface area contributed by atoms with Crippen molar-refractivity contribution < 1.29 is 39.3 Å². The maximum absolute atomic E-state index is 12.0. The molecule has 3 amide bonds. The molecule has 12 nitrogen and oxygen atoms in total. The first-order valence-corrected chi connectivity index (χ1v) is 7.27. The lowest BCUT2D eigenvalue weighted by Crippen LogP contribution is -2.54. The van der Waals surface area contributed by atoms with E-state index in [1.807, 2.05) is 5.32 Å². The van der Waals surface area contributed by atoms with Crippen molar-refractivity contribution >= 4 is 29.7 Å². The molecular weight excluding hydrogens is 340 g/mol. The van der Waals surface area contributed by atoms with E-state index >= 15 is 0 Å². The molecule has 0 aliphatic carbocycles. The second-order valence-electron chi connectivity index (χ2n) is 5.14. The molecule has 8 N–H and O–H groups in total. The zero-order valence-corrected chi connectivity index (χ0v) is 13.5. The number of aliphatic hydroxyl groups is 1. The SMILES string of the molecule is CC(N)C(=O)NCC(=O)NC(CCC(=O)O)C(=O)NC(CO)C(=O)O. The number of hydrogen-bond donors (Lipinski definition) is 7. The molecule has 0 saturated heterocycles. The molecule has 0 fully saturated rings. The normalized spacial score (nSPS) is 13.9. The second kappa shape index (κ2) is 10.9. The van der Waals surface area contributed by atoms with E-state index in [0.717, 1.165) is 0 Å². The third kappa shape index (κ3) is 9.22. The van der Waals surface area contributed by atoms with Crippen LogP contribution in [0.25, 0.3) is 0 Å². The van der Waals surface area contributed by atoms with Gasteiger partial charge in [0.15, 0.2) is 0 Å². The summed E-state index contributed by atoms with van der Waals surface area (Å²) in [5.41, 5.74) is 5.30. The Balaban J connectivity index is 4.82. The predicted octanol–water partition coefficient (Wildman–Crippen LogP) is -3.64. The van der Waals surface area contributed by atoms with Crippen LogP contribution in [-0.4, -0.2) is 76.3 Å². The van der Waals surface area contributed by atoms with E-state index in [4.69, 9.17) is 21.1 Å². The highest BCUT2D eigenvalue weighted by Gasteiger charge is 2.26. The number of amides is 3. The summed E-state index contributed by atoms with van der Waals surface area (Å²) >= 11 is 0. The molecule has 0 saturated carbocycles. The largest absolute Gasteiger partial charge is 0.481 e. The molecule has 3 unspecified atom stereocenters. The van der Waals surface area contributed by atoms with Gasteiger partial charge >= 0.3 is 11.9 Å². The van der Waals surface area contributed by atoms with Crippen molar-refractivity contribution in [3.05, 3.63) is 0 Å². The molecule has 3 atom stereocenters. The van der Waals surface area contributed by atoms with Crippen LogP contribution in [-0.2, 0) is 24.0 Å². The van der Waals surface area contributed by atoms with Gasteiger partial charge in [0.25, 0.3) is 0 Å². The highest BCUT2D eigenvalue weighted by atomic mass is 16.4. The Kier molecular flexibility index (Phi) is 9.74. The lowest BCUT2D eigenvalue weighted by atomic mass is 10.1. The number of aliphatic carboxylic acids is 2. The van der Waals surface area contributed by atoms with Crippen molar-refractivity contribution in [3.8, 4) is 0 Å². The number of rotatable bonds is 11. The molecule has 0 bridgehead atoms. The third-order valence-electron chi connectivity index (χ3n) is 2.93. The number of carboxylic acids is 2. The molecule has 142 valence electrons. The first-order valence-electron chi connectivity index (χ1n) is 7.27. The first-order chi connectivity index (χ1) is 11.6. The fourth-order valence-electron chi connectivity index (χ4n) is 1.57. The summed E-state index contributed by atoms with van der Waals surface area (Å²) in [6.45, 7) is 0.0159. The number of nitrogens with one attached hydrogen (secondary N) is 3. The smallest absolute Gasteiger partial charge is 0.328 e. The highest BCUT2D eigenvalue weighted by Crippen LogP contribution is 1.99. The van der Waals surface area contributed by atoms with Crippen LogP contribution in [0.4, 0.5) is 0 Å². The molecule has 0 rings (SSSR count). The molecule has 0 radical (unpaired) electrons. The molecule has 25 heavy (non-hydrogen) atoms. The van der Waals surface area contributed by atoms with Gasteiger partial charge in [-0.25, -0.2) is 4.79 Å². The van der Waals surface area contributed by atoms with E-state index in [2.05, 4.69) is 10.6 Å². The van der Waals surface area contributed by atoms with Gasteiger partial charge in [-0.2, -0.15) is 0 Å². The summed E-state index contributed by atoms with van der Waals surface area (Å²) < 4.78 is 0. The average Bonchev–Trinajstić information content (AvgIpc) is 2.52. The van der Waals surface area contributed by atoms with Crippen LogP contribution in [0.1, 0.15) is 19.8 Å². The number of aliphatic hydroxyl groups excluding tert-OH is 1. The Bertz CT molecular complexity index is 522. The van der Waals surface area contributed by atoms with Crippen molar-refractivity contribution in [1.29, 1.82) is 0 Å². The van der Waals surface area contributed by atoms with Crippen molar-refractivity contribution in [2.24, 2.45) is 5.73 Å². The fraction of sp³-hybridized carbons (Fsp3) is 0.615. The summed E-state index contributed by atoms with van der Waals surface area (Å²) in [7, 11) is 0. The van der Waals surface area contributed by atoms with Crippen LogP contribution in [0.3, 0.4) is 0 Å². The Labute approximate surface area is 142 Å². The molecule has 0 spiro atoms. The molecule has 0 aromatic carbocycles. The van der Waals surface area contributed by atoms with Crippen molar-refractivity contribution in [1.82, 2.24) is 16.0 Å². The van der Waals surface area contributed by atoms with Gasteiger partial charge in [-0.3, -0.25) is 19.2 Å². The van der Waals surface area contributed by atoms with E-state index in [0.29, 0.717) is 0 Å². The minimum atomic E-state index is -1.60. The number of carbonyl (C=O) groups is 5. The lowest BCUT2D eigenvalue weighted by molar-refractivity contribution is -0.144. The highest BCUT2D eigenvalue weighted by molar-refractivity contribution is 5.92. The quantitative estimate of drug-likeness (QED) is 0.193. The summed E-state index contributed by atoms with van der Waals surface area (Å²) in [6, 6.07) is -3.81. The predicted molar refractivity (Wildman–Crippen MR) is 82.1 cm³/mol. The zero-order chi connectivity index (χ0) is 19.6. The van der Waals surface area contributed by atoms with Crippen LogP contribution in [0.15, 0.2) is 0 Å². The Morgan fingerprint density at radius 2 is 1.60 bits per heavy atom. The zero-order valence-electron chi connectivity index (χ0n) is 13.5. The summed E-state index contributed by atoms with van der Waals surface area (Å²) in [4.78, 5) is 56.5. The maximum Gasteiger partial charge on any atom is 0.328 e. The van der Waals surface area contributed by atoms with Crippen LogP contribution >= 0.6 is 0 Å². The van der Waals surface area contributed by atoms with Gasteiger partial charge in [-0.05, 0) is 13.3 Å². The van der Waals surface area contributed by atoms with Crippen molar-refractivity contribution in [2.75, 3.05) is 13.2 Å². The van der Waals surface area contributed by atoms with Crippen LogP contribution in [0.2, 0.25) is 0 Å². The van der Waals surface area contributed by atoms with Gasteiger partial charge in [0.05, 0.1) is 19.2 Å². The molecular formula is C13H22N4O8. The first kappa shape index (κ1) is 22.3. The molecule has 12 heteroatoms. The Hall–Kier alpha value is -2.73. The molecule has 0 aliphatic rings. The van der Waals surface area contributed by atoms with E-state index in [1.54, 1.807) is 0 Å². The Morgan fingerprint density at radius 1 is 1.00 bits per heavy atom. The Morgan fingerprint density at radius 3 is 2.04 bits per heavy atom. The van der Waals surface area contributed by atoms with Gasteiger partial charge in [-0.15, -0.1) is 0 Å². The van der Waals surface area contributed by atoms with Crippen LogP contribution in [0, 0.1) is 0 Å². The van der Waals surface area contributed by atoms with E-state index in [1.165, 1.54) is 6.92 Å². The molecule has 0 aromatic rings. The standard InChI is InChI=1S/C13H22N4O8/c1-6(14)11(22)15-4-9(19)16-7(2-3-10(20)21)12(23)17-8(5-18)13(24)25/h6-8,18H,2-5,14H2,1H3,(H,15,22)(H,16,19)(H,17,23)(H,20,21)(H,24,25). The summed E-state index contributed by atoms with van der Waals surface area (Å²) in [5.74, 6) is -5.10. The summed E-state index contributed by atoms with van der Waals surface area (Å²) in [5, 5.41) is 32.7. The second-order valence-corrected chi connectivity index (χ2v) is 5.14. The van der Waals surface area contributed by atoms with Crippen LogP contribution in [0.5, 0.6) is 0 Å². The van der Waals surface area contributed by atoms with Gasteiger partial charge in [-0.1, -0.05) is 0 Å². The van der Waals surface area contributed by atoms with Crippen molar-refractivity contribution in [3.63, 3.8) is 0 Å². The monoisotopic (exact) mass is 362 g/mol. The molecule has 0 aromatic heterocycles. The minimum absolute atomic E-state index is 0.314. The van der Waals surface area contributed by atoms with E-state index in [9.17, 15) is 24.0 Å². The number of nitrogens with two attached hydrogens (primary N) is 1. The molecule has 0 heterocycles. The third-order valence-corrected chi connectivity index (χ3v) is 2.93. The number of carbonyl (C=O) groups excluding carboxylic acids is 3. The van der Waals surface area contributed by atoms with E-state index < -0.39 is 67.4 Å². The van der Waals surface area contributed by atoms with Gasteiger partial charge in [0, 0.05) is 6.42 Å². The topological polar surface area (TPSA) is 208 Å². The number of hydrogen-bond acceptors (Lipinski definition) is 7.